The Bertz CT molecular complexity index is 414. The SMILES string of the molecule is FC(F)(COI)COc1ccc(N2CCNCC2)nc1. The quantitative estimate of drug-likeness (QED) is 0.741. The first-order valence-corrected chi connectivity index (χ1v) is 7.15. The van der Waals surface area contributed by atoms with Gasteiger partial charge in [-0.15, -0.1) is 0 Å². The molecule has 0 aromatic carbocycles. The second kappa shape index (κ2) is 7.32. The van der Waals surface area contributed by atoms with E-state index in [2.05, 4.69) is 18.3 Å². The summed E-state index contributed by atoms with van der Waals surface area (Å²) in [7, 11) is 0. The third-order valence-electron chi connectivity index (χ3n) is 2.88. The van der Waals surface area contributed by atoms with Gasteiger partial charge < -0.3 is 18.0 Å². The highest BCUT2D eigenvalue weighted by Crippen LogP contribution is 2.20. The smallest absolute Gasteiger partial charge is 0.305 e. The molecule has 0 unspecified atom stereocenters. The van der Waals surface area contributed by atoms with E-state index in [-0.39, 0.29) is 0 Å². The molecular weight excluding hydrogens is 383 g/mol. The number of piperazine rings is 1. The molecule has 5 nitrogen and oxygen atoms in total. The second-order valence-corrected chi connectivity index (χ2v) is 5.11. The first-order chi connectivity index (χ1) is 9.61. The normalized spacial score (nSPS) is 16.2. The predicted octanol–water partition coefficient (Wildman–Crippen LogP) is 1.87. The summed E-state index contributed by atoms with van der Waals surface area (Å²) < 4.78 is 35.8. The number of rotatable bonds is 6. The molecule has 0 atom stereocenters. The molecule has 0 amide bonds. The summed E-state index contributed by atoms with van der Waals surface area (Å²) in [5.74, 6) is -1.84. The van der Waals surface area contributed by atoms with Gasteiger partial charge in [0.2, 0.25) is 0 Å². The average Bonchev–Trinajstić information content (AvgIpc) is 2.47. The molecule has 0 aliphatic carbocycles. The van der Waals surface area contributed by atoms with Crippen molar-refractivity contribution in [3.63, 3.8) is 0 Å². The molecular formula is C12H16F2IN3O2. The molecule has 0 bridgehead atoms. The number of ether oxygens (including phenoxy) is 1. The average molecular weight is 399 g/mol. The Morgan fingerprint density at radius 2 is 2.05 bits per heavy atom. The number of anilines is 1. The zero-order chi connectivity index (χ0) is 14.4. The molecule has 0 spiro atoms. The predicted molar refractivity (Wildman–Crippen MR) is 79.7 cm³/mol. The summed E-state index contributed by atoms with van der Waals surface area (Å²) in [6, 6.07) is 3.44. The van der Waals surface area contributed by atoms with Gasteiger partial charge in [-0.3, -0.25) is 0 Å². The number of pyridine rings is 1. The van der Waals surface area contributed by atoms with Crippen molar-refractivity contribution in [2.75, 3.05) is 44.3 Å². The lowest BCUT2D eigenvalue weighted by Crippen LogP contribution is -2.43. The van der Waals surface area contributed by atoms with Crippen molar-refractivity contribution in [1.29, 1.82) is 0 Å². The van der Waals surface area contributed by atoms with E-state index in [1.165, 1.54) is 29.2 Å². The van der Waals surface area contributed by atoms with Crippen molar-refractivity contribution in [2.45, 2.75) is 5.92 Å². The van der Waals surface area contributed by atoms with Gasteiger partial charge in [-0.1, -0.05) is 0 Å². The number of nitrogens with zero attached hydrogens (tertiary/aromatic N) is 2. The molecule has 20 heavy (non-hydrogen) atoms. The monoisotopic (exact) mass is 399 g/mol. The van der Waals surface area contributed by atoms with Crippen molar-refractivity contribution < 1.29 is 16.6 Å². The Morgan fingerprint density at radius 1 is 1.30 bits per heavy atom. The Labute approximate surface area is 130 Å². The maximum absolute atomic E-state index is 13.2. The van der Waals surface area contributed by atoms with E-state index < -0.39 is 19.1 Å². The zero-order valence-corrected chi connectivity index (χ0v) is 13.0. The van der Waals surface area contributed by atoms with E-state index in [0.717, 1.165) is 32.0 Å². The van der Waals surface area contributed by atoms with Crippen molar-refractivity contribution in [2.24, 2.45) is 0 Å². The first-order valence-electron chi connectivity index (χ1n) is 6.27. The third-order valence-corrected chi connectivity index (χ3v) is 3.19. The van der Waals surface area contributed by atoms with Gasteiger partial charge in [-0.05, 0) is 12.1 Å². The van der Waals surface area contributed by atoms with Gasteiger partial charge in [0.1, 0.15) is 41.2 Å². The topological polar surface area (TPSA) is 46.6 Å². The minimum atomic E-state index is -3.00. The van der Waals surface area contributed by atoms with Crippen LogP contribution < -0.4 is 15.0 Å². The summed E-state index contributed by atoms with van der Waals surface area (Å²) in [5, 5.41) is 3.25. The molecule has 1 N–H and O–H groups in total. The van der Waals surface area contributed by atoms with E-state index in [0.29, 0.717) is 5.75 Å². The van der Waals surface area contributed by atoms with Crippen molar-refractivity contribution in [1.82, 2.24) is 10.3 Å². The highest BCUT2D eigenvalue weighted by atomic mass is 127. The number of halogens is 3. The molecule has 1 aliphatic rings. The van der Waals surface area contributed by atoms with E-state index in [4.69, 9.17) is 4.74 Å². The molecule has 1 fully saturated rings. The summed E-state index contributed by atoms with van der Waals surface area (Å²) in [5.41, 5.74) is 0. The summed E-state index contributed by atoms with van der Waals surface area (Å²) in [4.78, 5) is 6.38. The highest BCUT2D eigenvalue weighted by molar-refractivity contribution is 14.1. The number of alkyl halides is 2. The van der Waals surface area contributed by atoms with Gasteiger partial charge >= 0.3 is 5.92 Å². The van der Waals surface area contributed by atoms with Crippen LogP contribution in [0.15, 0.2) is 18.3 Å². The van der Waals surface area contributed by atoms with Gasteiger partial charge in [-0.25, -0.2) is 13.8 Å². The molecule has 0 saturated carbocycles. The molecule has 8 heteroatoms. The highest BCUT2D eigenvalue weighted by Gasteiger charge is 2.30. The van der Waals surface area contributed by atoms with Crippen LogP contribution in [-0.4, -0.2) is 50.3 Å². The fraction of sp³-hybridized carbons (Fsp3) is 0.583. The van der Waals surface area contributed by atoms with Gasteiger partial charge in [0.05, 0.1) is 6.20 Å². The summed E-state index contributed by atoms with van der Waals surface area (Å²) in [6.45, 7) is 2.23. The minimum Gasteiger partial charge on any atom is -0.486 e. The van der Waals surface area contributed by atoms with Crippen LogP contribution in [-0.2, 0) is 3.07 Å². The number of hydrogen-bond donors (Lipinski definition) is 1. The standard InChI is InChI=1S/C12H16F2IN3O2/c13-12(14,9-20-15)8-19-10-1-2-11(17-7-10)18-5-3-16-4-6-18/h1-2,7,16H,3-6,8-9H2. The lowest BCUT2D eigenvalue weighted by atomic mass is 10.3. The Kier molecular flexibility index (Phi) is 5.73. The Morgan fingerprint density at radius 3 is 2.65 bits per heavy atom. The van der Waals surface area contributed by atoms with Crippen LogP contribution in [0.5, 0.6) is 5.75 Å². The van der Waals surface area contributed by atoms with E-state index in [1.807, 2.05) is 0 Å². The number of hydrogen-bond acceptors (Lipinski definition) is 5. The largest absolute Gasteiger partial charge is 0.486 e. The summed E-state index contributed by atoms with van der Waals surface area (Å²) >= 11 is 1.44. The maximum atomic E-state index is 13.2. The van der Waals surface area contributed by atoms with Crippen LogP contribution in [0, 0.1) is 0 Å². The molecule has 2 rings (SSSR count). The lowest BCUT2D eigenvalue weighted by Gasteiger charge is -2.28. The molecule has 1 aromatic heterocycles. The van der Waals surface area contributed by atoms with Crippen molar-refractivity contribution in [3.05, 3.63) is 18.3 Å². The van der Waals surface area contributed by atoms with E-state index >= 15 is 0 Å². The maximum Gasteiger partial charge on any atom is 0.305 e. The second-order valence-electron chi connectivity index (χ2n) is 4.49. The van der Waals surface area contributed by atoms with Gasteiger partial charge in [0, 0.05) is 26.2 Å². The number of nitrogens with one attached hydrogen (secondary N) is 1. The van der Waals surface area contributed by atoms with E-state index in [9.17, 15) is 8.78 Å². The molecule has 1 aliphatic heterocycles. The first kappa shape index (κ1) is 15.6. The van der Waals surface area contributed by atoms with Crippen LogP contribution in [0.3, 0.4) is 0 Å². The molecule has 2 heterocycles. The van der Waals surface area contributed by atoms with Crippen LogP contribution in [0.1, 0.15) is 0 Å². The van der Waals surface area contributed by atoms with Crippen molar-refractivity contribution in [3.8, 4) is 5.75 Å². The van der Waals surface area contributed by atoms with Gasteiger partial charge in [0.25, 0.3) is 0 Å². The van der Waals surface area contributed by atoms with E-state index in [1.54, 1.807) is 12.1 Å². The van der Waals surface area contributed by atoms with Crippen LogP contribution in [0.4, 0.5) is 14.6 Å². The van der Waals surface area contributed by atoms with Crippen LogP contribution in [0.2, 0.25) is 0 Å². The Hall–Kier alpha value is -0.740. The minimum absolute atomic E-state index is 0.331. The fourth-order valence-corrected chi connectivity index (χ4v) is 2.30. The molecule has 112 valence electrons. The summed E-state index contributed by atoms with van der Waals surface area (Å²) in [6.07, 6.45) is 1.47. The van der Waals surface area contributed by atoms with Crippen molar-refractivity contribution >= 4 is 28.8 Å². The molecule has 0 radical (unpaired) electrons. The third kappa shape index (κ3) is 4.67. The molecule has 1 saturated heterocycles. The lowest BCUT2D eigenvalue weighted by molar-refractivity contribution is -0.0640. The number of aromatic nitrogens is 1. The Balaban J connectivity index is 1.88. The van der Waals surface area contributed by atoms with Gasteiger partial charge in [-0.2, -0.15) is 0 Å². The fourth-order valence-electron chi connectivity index (χ4n) is 1.85. The zero-order valence-electron chi connectivity index (χ0n) is 10.8. The van der Waals surface area contributed by atoms with Crippen LogP contribution in [0.25, 0.3) is 0 Å². The van der Waals surface area contributed by atoms with Crippen LogP contribution >= 0.6 is 23.0 Å². The van der Waals surface area contributed by atoms with Gasteiger partial charge in [0.15, 0.2) is 6.61 Å². The molecule has 1 aromatic rings.